The van der Waals surface area contributed by atoms with Gasteiger partial charge in [-0.25, -0.2) is 0 Å². The summed E-state index contributed by atoms with van der Waals surface area (Å²) in [7, 11) is 0. The SMILES string of the molecule is O=C(CSc1ccc(Cl)cc1)NCC1CCC(O)CC1. The van der Waals surface area contributed by atoms with Crippen LogP contribution in [0.25, 0.3) is 0 Å². The zero-order valence-electron chi connectivity index (χ0n) is 11.3. The van der Waals surface area contributed by atoms with Gasteiger partial charge in [0.2, 0.25) is 5.91 Å². The maximum Gasteiger partial charge on any atom is 0.230 e. The van der Waals surface area contributed by atoms with E-state index in [0.717, 1.165) is 37.1 Å². The van der Waals surface area contributed by atoms with Crippen LogP contribution in [0.2, 0.25) is 5.02 Å². The zero-order chi connectivity index (χ0) is 14.4. The van der Waals surface area contributed by atoms with Crippen molar-refractivity contribution in [2.45, 2.75) is 36.7 Å². The van der Waals surface area contributed by atoms with Crippen LogP contribution in [0, 0.1) is 5.92 Å². The van der Waals surface area contributed by atoms with Gasteiger partial charge in [0.25, 0.3) is 0 Å². The summed E-state index contributed by atoms with van der Waals surface area (Å²) in [6.07, 6.45) is 3.60. The molecular formula is C15H20ClNO2S. The predicted octanol–water partition coefficient (Wildman–Crippen LogP) is 3.10. The third-order valence-corrected chi connectivity index (χ3v) is 4.85. The van der Waals surface area contributed by atoms with Gasteiger partial charge in [0.05, 0.1) is 11.9 Å². The molecule has 0 heterocycles. The number of carbonyl (C=O) groups excluding carboxylic acids is 1. The summed E-state index contributed by atoms with van der Waals surface area (Å²) in [5.41, 5.74) is 0. The van der Waals surface area contributed by atoms with Crippen molar-refractivity contribution < 1.29 is 9.90 Å². The fourth-order valence-corrected chi connectivity index (χ4v) is 3.19. The van der Waals surface area contributed by atoms with E-state index in [1.165, 1.54) is 11.8 Å². The topological polar surface area (TPSA) is 49.3 Å². The molecule has 2 rings (SSSR count). The minimum Gasteiger partial charge on any atom is -0.393 e. The second-order valence-electron chi connectivity index (χ2n) is 5.22. The van der Waals surface area contributed by atoms with Gasteiger partial charge in [0.1, 0.15) is 0 Å². The van der Waals surface area contributed by atoms with E-state index < -0.39 is 0 Å². The van der Waals surface area contributed by atoms with E-state index in [2.05, 4.69) is 5.32 Å². The Kier molecular flexibility index (Phi) is 6.20. The first-order valence-electron chi connectivity index (χ1n) is 6.96. The van der Waals surface area contributed by atoms with Gasteiger partial charge in [-0.2, -0.15) is 0 Å². The quantitative estimate of drug-likeness (QED) is 0.821. The van der Waals surface area contributed by atoms with Crippen molar-refractivity contribution in [3.8, 4) is 0 Å². The van der Waals surface area contributed by atoms with Crippen molar-refractivity contribution in [2.75, 3.05) is 12.3 Å². The second-order valence-corrected chi connectivity index (χ2v) is 6.71. The van der Waals surface area contributed by atoms with E-state index >= 15 is 0 Å². The maximum atomic E-state index is 11.8. The Morgan fingerprint density at radius 1 is 1.25 bits per heavy atom. The Balaban J connectivity index is 1.64. The summed E-state index contributed by atoms with van der Waals surface area (Å²) >= 11 is 7.33. The molecule has 1 amide bonds. The number of hydrogen-bond acceptors (Lipinski definition) is 3. The smallest absolute Gasteiger partial charge is 0.230 e. The molecule has 1 saturated carbocycles. The Bertz CT molecular complexity index is 430. The van der Waals surface area contributed by atoms with Gasteiger partial charge in [-0.15, -0.1) is 11.8 Å². The molecule has 20 heavy (non-hydrogen) atoms. The first kappa shape index (κ1) is 15.7. The van der Waals surface area contributed by atoms with Crippen molar-refractivity contribution in [1.29, 1.82) is 0 Å². The number of carbonyl (C=O) groups is 1. The molecule has 3 nitrogen and oxygen atoms in total. The molecule has 0 aliphatic heterocycles. The zero-order valence-corrected chi connectivity index (χ0v) is 12.9. The summed E-state index contributed by atoms with van der Waals surface area (Å²) in [5, 5.41) is 13.1. The Labute approximate surface area is 129 Å². The van der Waals surface area contributed by atoms with Crippen LogP contribution in [0.1, 0.15) is 25.7 Å². The van der Waals surface area contributed by atoms with Crippen LogP contribution >= 0.6 is 23.4 Å². The molecule has 1 aromatic rings. The Morgan fingerprint density at radius 3 is 2.55 bits per heavy atom. The minimum atomic E-state index is -0.137. The molecule has 110 valence electrons. The number of aliphatic hydroxyl groups excluding tert-OH is 1. The summed E-state index contributed by atoms with van der Waals surface area (Å²) in [6, 6.07) is 7.50. The lowest BCUT2D eigenvalue weighted by Gasteiger charge is -2.25. The van der Waals surface area contributed by atoms with Gasteiger partial charge >= 0.3 is 0 Å². The summed E-state index contributed by atoms with van der Waals surface area (Å²) < 4.78 is 0. The van der Waals surface area contributed by atoms with Gasteiger partial charge in [-0.3, -0.25) is 4.79 Å². The van der Waals surface area contributed by atoms with Crippen LogP contribution in [0.4, 0.5) is 0 Å². The largest absolute Gasteiger partial charge is 0.393 e. The second kappa shape index (κ2) is 7.91. The summed E-state index contributed by atoms with van der Waals surface area (Å²) in [5.74, 6) is 1.01. The van der Waals surface area contributed by atoms with Gasteiger partial charge in [0.15, 0.2) is 0 Å². The molecule has 1 fully saturated rings. The van der Waals surface area contributed by atoms with E-state index in [9.17, 15) is 9.90 Å². The van der Waals surface area contributed by atoms with Crippen LogP contribution in [0.5, 0.6) is 0 Å². The van der Waals surface area contributed by atoms with Crippen LogP contribution in [0.15, 0.2) is 29.2 Å². The number of benzene rings is 1. The van der Waals surface area contributed by atoms with Crippen molar-refractivity contribution in [1.82, 2.24) is 5.32 Å². The van der Waals surface area contributed by atoms with Gasteiger partial charge in [-0.1, -0.05) is 11.6 Å². The maximum absolute atomic E-state index is 11.8. The average molecular weight is 314 g/mol. The Morgan fingerprint density at radius 2 is 1.90 bits per heavy atom. The molecule has 0 unspecified atom stereocenters. The van der Waals surface area contributed by atoms with Crippen LogP contribution in [0.3, 0.4) is 0 Å². The van der Waals surface area contributed by atoms with Crippen molar-refractivity contribution >= 4 is 29.3 Å². The molecular weight excluding hydrogens is 294 g/mol. The number of nitrogens with one attached hydrogen (secondary N) is 1. The number of amides is 1. The van der Waals surface area contributed by atoms with Crippen molar-refractivity contribution in [2.24, 2.45) is 5.92 Å². The monoisotopic (exact) mass is 313 g/mol. The third kappa shape index (κ3) is 5.35. The molecule has 5 heteroatoms. The number of halogens is 1. The van der Waals surface area contributed by atoms with Gasteiger partial charge in [-0.05, 0) is 55.9 Å². The van der Waals surface area contributed by atoms with Crippen LogP contribution < -0.4 is 5.32 Å². The molecule has 1 aromatic carbocycles. The summed E-state index contributed by atoms with van der Waals surface area (Å²) in [6.45, 7) is 0.729. The lowest BCUT2D eigenvalue weighted by atomic mass is 9.87. The van der Waals surface area contributed by atoms with Crippen LogP contribution in [-0.4, -0.2) is 29.4 Å². The lowest BCUT2D eigenvalue weighted by Crippen LogP contribution is -2.33. The van der Waals surface area contributed by atoms with E-state index in [-0.39, 0.29) is 12.0 Å². The molecule has 2 N–H and O–H groups in total. The fourth-order valence-electron chi connectivity index (χ4n) is 2.34. The highest BCUT2D eigenvalue weighted by atomic mass is 35.5. The van der Waals surface area contributed by atoms with E-state index in [1.807, 2.05) is 24.3 Å². The van der Waals surface area contributed by atoms with Gasteiger partial charge < -0.3 is 10.4 Å². The molecule has 0 atom stereocenters. The number of thioether (sulfide) groups is 1. The van der Waals surface area contributed by atoms with Crippen molar-refractivity contribution in [3.05, 3.63) is 29.3 Å². The average Bonchev–Trinajstić information content (AvgIpc) is 2.46. The van der Waals surface area contributed by atoms with Crippen LogP contribution in [-0.2, 0) is 4.79 Å². The van der Waals surface area contributed by atoms with E-state index in [0.29, 0.717) is 16.7 Å². The van der Waals surface area contributed by atoms with Crippen molar-refractivity contribution in [3.63, 3.8) is 0 Å². The minimum absolute atomic E-state index is 0.0658. The number of aliphatic hydroxyl groups is 1. The first-order chi connectivity index (χ1) is 9.63. The number of rotatable bonds is 5. The summed E-state index contributed by atoms with van der Waals surface area (Å²) in [4.78, 5) is 12.8. The molecule has 0 saturated heterocycles. The Hall–Kier alpha value is -0.710. The molecule has 1 aliphatic carbocycles. The first-order valence-corrected chi connectivity index (χ1v) is 8.33. The highest BCUT2D eigenvalue weighted by Crippen LogP contribution is 2.23. The molecule has 0 radical (unpaired) electrons. The van der Waals surface area contributed by atoms with E-state index in [4.69, 9.17) is 11.6 Å². The molecule has 0 bridgehead atoms. The predicted molar refractivity (Wildman–Crippen MR) is 83.2 cm³/mol. The standard InChI is InChI=1S/C15H20ClNO2S/c16-12-3-7-14(8-4-12)20-10-15(19)17-9-11-1-5-13(18)6-2-11/h3-4,7-8,11,13,18H,1-2,5-6,9-10H2,(H,17,19). The highest BCUT2D eigenvalue weighted by Gasteiger charge is 2.19. The fraction of sp³-hybridized carbons (Fsp3) is 0.533. The lowest BCUT2D eigenvalue weighted by molar-refractivity contribution is -0.118. The normalized spacial score (nSPS) is 22.5. The molecule has 0 aromatic heterocycles. The third-order valence-electron chi connectivity index (χ3n) is 3.59. The van der Waals surface area contributed by atoms with E-state index in [1.54, 1.807) is 0 Å². The molecule has 0 spiro atoms. The highest BCUT2D eigenvalue weighted by molar-refractivity contribution is 8.00. The number of hydrogen-bond donors (Lipinski definition) is 2. The van der Waals surface area contributed by atoms with Gasteiger partial charge in [0, 0.05) is 16.5 Å². The molecule has 1 aliphatic rings.